The molecular formula is C58H39NOS. The minimum atomic E-state index is -0.498. The topological polar surface area (TPSA) is 16.4 Å². The van der Waals surface area contributed by atoms with Gasteiger partial charge in [-0.3, -0.25) is 0 Å². The third-order valence-corrected chi connectivity index (χ3v) is 13.3. The maximum atomic E-state index is 6.43. The molecule has 0 radical (unpaired) electrons. The van der Waals surface area contributed by atoms with E-state index in [0.29, 0.717) is 0 Å². The Labute approximate surface area is 361 Å². The Hall–Kier alpha value is -7.51. The number of allylic oxidation sites excluding steroid dienone is 3. The first-order chi connectivity index (χ1) is 30.1. The van der Waals surface area contributed by atoms with Gasteiger partial charge in [-0.2, -0.15) is 0 Å². The Morgan fingerprint density at radius 1 is 0.557 bits per heavy atom. The second kappa shape index (κ2) is 14.9. The number of para-hydroxylation sites is 2. The fourth-order valence-corrected chi connectivity index (χ4v) is 10.7. The predicted octanol–water partition coefficient (Wildman–Crippen LogP) is 15.5. The number of anilines is 2. The number of terminal acetylenes is 1. The van der Waals surface area contributed by atoms with E-state index < -0.39 is 5.41 Å². The third-order valence-electron chi connectivity index (χ3n) is 12.2. The van der Waals surface area contributed by atoms with Gasteiger partial charge in [-0.1, -0.05) is 157 Å². The fraction of sp³-hybridized carbons (Fsp3) is 0.0345. The first-order valence-corrected chi connectivity index (χ1v) is 21.5. The smallest absolute Gasteiger partial charge is 0.137 e. The van der Waals surface area contributed by atoms with E-state index in [0.717, 1.165) is 50.5 Å². The van der Waals surface area contributed by atoms with Crippen LogP contribution in [0.1, 0.15) is 29.2 Å². The molecule has 1 aliphatic heterocycles. The molecule has 3 heteroatoms. The quantitative estimate of drug-likeness (QED) is 0.118. The van der Waals surface area contributed by atoms with Crippen LogP contribution < -0.4 is 4.90 Å². The van der Waals surface area contributed by atoms with Gasteiger partial charge in [-0.05, 0) is 129 Å². The largest absolute Gasteiger partial charge is 0.456 e. The van der Waals surface area contributed by atoms with Crippen LogP contribution >= 0.6 is 11.8 Å². The normalized spacial score (nSPS) is 13.4. The Bertz CT molecular complexity index is 3170. The molecule has 8 aromatic carbocycles. The molecule has 2 nitrogen and oxygen atoms in total. The van der Waals surface area contributed by atoms with Gasteiger partial charge in [0.25, 0.3) is 0 Å². The van der Waals surface area contributed by atoms with Gasteiger partial charge in [0.15, 0.2) is 0 Å². The van der Waals surface area contributed by atoms with Gasteiger partial charge in [0.2, 0.25) is 0 Å². The van der Waals surface area contributed by atoms with Gasteiger partial charge < -0.3 is 9.32 Å². The zero-order valence-corrected chi connectivity index (χ0v) is 34.4. The van der Waals surface area contributed by atoms with Crippen molar-refractivity contribution in [3.63, 3.8) is 0 Å². The Morgan fingerprint density at radius 2 is 1.13 bits per heavy atom. The van der Waals surface area contributed by atoms with Crippen LogP contribution in [0.5, 0.6) is 0 Å². The molecule has 0 amide bonds. The highest BCUT2D eigenvalue weighted by atomic mass is 32.2. The van der Waals surface area contributed by atoms with Crippen LogP contribution in [0.2, 0.25) is 0 Å². The number of nitrogens with zero attached hydrogens (tertiary/aromatic N) is 1. The summed E-state index contributed by atoms with van der Waals surface area (Å²) in [5, 5.41) is 1.06. The van der Waals surface area contributed by atoms with E-state index in [1.54, 1.807) is 0 Å². The van der Waals surface area contributed by atoms with Crippen molar-refractivity contribution in [3.8, 4) is 57.0 Å². The lowest BCUT2D eigenvalue weighted by Gasteiger charge is -2.40. The average molecular weight is 798 g/mol. The molecule has 11 rings (SSSR count). The number of hydrogen-bond donors (Lipinski definition) is 0. The number of rotatable bonds is 7. The number of fused-ring (bicyclic) bond motifs is 10. The van der Waals surface area contributed by atoms with E-state index in [1.807, 2.05) is 49.0 Å². The molecule has 0 saturated carbocycles. The van der Waals surface area contributed by atoms with Gasteiger partial charge >= 0.3 is 0 Å². The van der Waals surface area contributed by atoms with E-state index in [2.05, 4.69) is 193 Å². The molecule has 9 aromatic rings. The fourth-order valence-electron chi connectivity index (χ4n) is 9.55. The monoisotopic (exact) mass is 797 g/mol. The zero-order chi connectivity index (χ0) is 40.9. The lowest BCUT2D eigenvalue weighted by atomic mass is 9.67. The van der Waals surface area contributed by atoms with E-state index in [1.165, 1.54) is 54.3 Å². The molecule has 0 saturated heterocycles. The Morgan fingerprint density at radius 3 is 1.79 bits per heavy atom. The van der Waals surface area contributed by atoms with Crippen molar-refractivity contribution in [3.05, 3.63) is 240 Å². The van der Waals surface area contributed by atoms with Crippen molar-refractivity contribution in [2.75, 3.05) is 4.90 Å². The van der Waals surface area contributed by atoms with Crippen molar-refractivity contribution in [1.29, 1.82) is 0 Å². The molecule has 61 heavy (non-hydrogen) atoms. The molecule has 1 aliphatic carbocycles. The highest BCUT2D eigenvalue weighted by molar-refractivity contribution is 7.99. The lowest BCUT2D eigenvalue weighted by Crippen LogP contribution is -2.32. The van der Waals surface area contributed by atoms with Gasteiger partial charge in [0, 0.05) is 32.5 Å². The van der Waals surface area contributed by atoms with Crippen molar-refractivity contribution < 1.29 is 4.42 Å². The summed E-state index contributed by atoms with van der Waals surface area (Å²) in [5.41, 5.74) is 16.7. The SMILES string of the molecule is C#C/C=C(\C=C/C)N(c1ccc(-c2ccc3c(c2)C2(c4ccccc4Sc4ccccc42)c2cc(-c4ccccc4)ccc2-3)cc1)c1ccccc1-c1cc2ccccc2o1. The first kappa shape index (κ1) is 36.6. The van der Waals surface area contributed by atoms with Crippen molar-refractivity contribution >= 4 is 34.1 Å². The molecule has 1 aromatic heterocycles. The predicted molar refractivity (Wildman–Crippen MR) is 254 cm³/mol. The Kier molecular flexibility index (Phi) is 8.96. The number of furan rings is 1. The minimum absolute atomic E-state index is 0.498. The molecule has 2 heterocycles. The molecule has 0 fully saturated rings. The minimum Gasteiger partial charge on any atom is -0.456 e. The van der Waals surface area contributed by atoms with Crippen LogP contribution in [-0.2, 0) is 5.41 Å². The second-order valence-corrected chi connectivity index (χ2v) is 16.6. The van der Waals surface area contributed by atoms with Crippen LogP contribution in [0.3, 0.4) is 0 Å². The Balaban J connectivity index is 1.07. The standard InChI is InChI=1S/C58H39NOS/c1-3-16-44(17-4-2)59(53-24-12-9-21-48(53)55-38-43-20-8-13-25-54(43)60-55)45-32-28-40(29-33-45)42-31-35-47-46-34-30-41(39-18-6-5-7-19-39)36-51(46)58(52(47)37-42)49-22-10-14-26-56(49)61-57-27-15-11-23-50(57)58/h1,4-38H,2H3/b17-4-,44-16+. The van der Waals surface area contributed by atoms with Gasteiger partial charge in [0.1, 0.15) is 11.3 Å². The third kappa shape index (κ3) is 5.91. The summed E-state index contributed by atoms with van der Waals surface area (Å²) in [7, 11) is 0. The van der Waals surface area contributed by atoms with E-state index >= 15 is 0 Å². The van der Waals surface area contributed by atoms with Crippen LogP contribution in [-0.4, -0.2) is 0 Å². The van der Waals surface area contributed by atoms with E-state index in [4.69, 9.17) is 10.8 Å². The summed E-state index contributed by atoms with van der Waals surface area (Å²) in [5.74, 6) is 3.60. The highest BCUT2D eigenvalue weighted by Gasteiger charge is 2.50. The molecule has 0 N–H and O–H groups in total. The summed E-state index contributed by atoms with van der Waals surface area (Å²) >= 11 is 1.87. The van der Waals surface area contributed by atoms with Gasteiger partial charge in [0.05, 0.1) is 16.8 Å². The molecule has 0 bridgehead atoms. The maximum absolute atomic E-state index is 6.43. The summed E-state index contributed by atoms with van der Waals surface area (Å²) in [6.07, 6.45) is 11.9. The summed E-state index contributed by atoms with van der Waals surface area (Å²) in [6, 6.07) is 70.4. The molecule has 1 spiro atoms. The summed E-state index contributed by atoms with van der Waals surface area (Å²) in [4.78, 5) is 4.80. The lowest BCUT2D eigenvalue weighted by molar-refractivity contribution is 0.631. The van der Waals surface area contributed by atoms with Crippen LogP contribution in [0.4, 0.5) is 11.4 Å². The first-order valence-electron chi connectivity index (χ1n) is 20.6. The van der Waals surface area contributed by atoms with Crippen LogP contribution in [0.15, 0.2) is 232 Å². The molecule has 2 aliphatic rings. The van der Waals surface area contributed by atoms with Crippen molar-refractivity contribution in [1.82, 2.24) is 0 Å². The number of hydrogen-bond acceptors (Lipinski definition) is 3. The summed E-state index contributed by atoms with van der Waals surface area (Å²) < 4.78 is 6.43. The van der Waals surface area contributed by atoms with Gasteiger partial charge in [-0.15, -0.1) is 6.42 Å². The van der Waals surface area contributed by atoms with Crippen molar-refractivity contribution in [2.24, 2.45) is 0 Å². The summed E-state index contributed by atoms with van der Waals surface area (Å²) in [6.45, 7) is 2.01. The van der Waals surface area contributed by atoms with Crippen molar-refractivity contribution in [2.45, 2.75) is 22.1 Å². The molecule has 0 unspecified atom stereocenters. The molecule has 288 valence electrons. The molecular weight excluding hydrogens is 759 g/mol. The molecule has 0 atom stereocenters. The number of benzene rings is 8. The van der Waals surface area contributed by atoms with E-state index in [9.17, 15) is 0 Å². The van der Waals surface area contributed by atoms with Crippen LogP contribution in [0, 0.1) is 12.3 Å². The van der Waals surface area contributed by atoms with E-state index in [-0.39, 0.29) is 0 Å². The second-order valence-electron chi connectivity index (χ2n) is 15.5. The highest BCUT2D eigenvalue weighted by Crippen LogP contribution is 2.63. The van der Waals surface area contributed by atoms with Crippen LogP contribution in [0.25, 0.3) is 55.7 Å². The maximum Gasteiger partial charge on any atom is 0.137 e. The zero-order valence-electron chi connectivity index (χ0n) is 33.5. The average Bonchev–Trinajstić information content (AvgIpc) is 3.87. The van der Waals surface area contributed by atoms with Gasteiger partial charge in [-0.25, -0.2) is 0 Å².